The molecule has 0 aliphatic heterocycles. The largest absolute Gasteiger partial charge is 0.473 e. The summed E-state index contributed by atoms with van der Waals surface area (Å²) in [7, 11) is 0. The van der Waals surface area contributed by atoms with Crippen molar-refractivity contribution in [2.24, 2.45) is 0 Å². The van der Waals surface area contributed by atoms with Crippen LogP contribution in [0.15, 0.2) is 29.1 Å². The summed E-state index contributed by atoms with van der Waals surface area (Å²) in [6.07, 6.45) is 3.87. The van der Waals surface area contributed by atoms with Gasteiger partial charge in [0.15, 0.2) is 5.82 Å². The summed E-state index contributed by atoms with van der Waals surface area (Å²) in [5, 5.41) is 3.15. The molecule has 0 saturated heterocycles. The number of anilines is 2. The standard InChI is InChI=1S/C13H18N4O2/c1-9(2)19-13-11(14)12(16-8-17-13)15-6-5-10-4-3-7-18-10/h3-4,7-9H,5-6,14H2,1-2H3,(H,15,16,17). The highest BCUT2D eigenvalue weighted by Gasteiger charge is 2.10. The summed E-state index contributed by atoms with van der Waals surface area (Å²) >= 11 is 0. The Hall–Kier alpha value is -2.24. The number of nitrogens with zero attached hydrogens (tertiary/aromatic N) is 2. The second-order valence-electron chi connectivity index (χ2n) is 4.36. The predicted molar refractivity (Wildman–Crippen MR) is 73.1 cm³/mol. The number of furan rings is 1. The molecule has 0 fully saturated rings. The quantitative estimate of drug-likeness (QED) is 0.829. The molecule has 2 heterocycles. The lowest BCUT2D eigenvalue weighted by molar-refractivity contribution is 0.234. The van der Waals surface area contributed by atoms with Gasteiger partial charge in [0.2, 0.25) is 5.88 Å². The number of hydrogen-bond donors (Lipinski definition) is 2. The summed E-state index contributed by atoms with van der Waals surface area (Å²) in [5.74, 6) is 1.90. The number of rotatable bonds is 6. The van der Waals surface area contributed by atoms with Gasteiger partial charge >= 0.3 is 0 Å². The van der Waals surface area contributed by atoms with E-state index in [0.717, 1.165) is 12.2 Å². The normalized spacial score (nSPS) is 10.7. The average molecular weight is 262 g/mol. The fraction of sp³-hybridized carbons (Fsp3) is 0.385. The van der Waals surface area contributed by atoms with Crippen LogP contribution in [-0.2, 0) is 6.42 Å². The summed E-state index contributed by atoms with van der Waals surface area (Å²) in [5.41, 5.74) is 6.38. The number of aromatic nitrogens is 2. The Morgan fingerprint density at radius 2 is 2.26 bits per heavy atom. The average Bonchev–Trinajstić information content (AvgIpc) is 2.86. The van der Waals surface area contributed by atoms with E-state index in [2.05, 4.69) is 15.3 Å². The lowest BCUT2D eigenvalue weighted by Crippen LogP contribution is -2.13. The first kappa shape index (κ1) is 13.2. The van der Waals surface area contributed by atoms with Gasteiger partial charge in [-0.15, -0.1) is 0 Å². The second kappa shape index (κ2) is 6.08. The molecule has 3 N–H and O–H groups in total. The van der Waals surface area contributed by atoms with Gasteiger partial charge in [0.05, 0.1) is 12.4 Å². The van der Waals surface area contributed by atoms with Crippen LogP contribution in [-0.4, -0.2) is 22.6 Å². The van der Waals surface area contributed by atoms with Gasteiger partial charge in [-0.1, -0.05) is 0 Å². The molecule has 0 saturated carbocycles. The maximum Gasteiger partial charge on any atom is 0.242 e. The molecule has 19 heavy (non-hydrogen) atoms. The molecule has 6 heteroatoms. The van der Waals surface area contributed by atoms with Crippen molar-refractivity contribution in [3.63, 3.8) is 0 Å². The van der Waals surface area contributed by atoms with Gasteiger partial charge in [-0.05, 0) is 26.0 Å². The predicted octanol–water partition coefficient (Wildman–Crippen LogP) is 2.09. The summed E-state index contributed by atoms with van der Waals surface area (Å²) in [6, 6.07) is 3.79. The first-order valence-corrected chi connectivity index (χ1v) is 6.20. The van der Waals surface area contributed by atoms with Gasteiger partial charge in [0, 0.05) is 13.0 Å². The Labute approximate surface area is 112 Å². The maximum atomic E-state index is 5.96. The lowest BCUT2D eigenvalue weighted by atomic mass is 10.3. The zero-order chi connectivity index (χ0) is 13.7. The van der Waals surface area contributed by atoms with Crippen LogP contribution in [0.25, 0.3) is 0 Å². The van der Waals surface area contributed by atoms with Crippen LogP contribution in [0.1, 0.15) is 19.6 Å². The van der Waals surface area contributed by atoms with E-state index in [-0.39, 0.29) is 6.10 Å². The van der Waals surface area contributed by atoms with E-state index in [1.165, 1.54) is 6.33 Å². The highest BCUT2D eigenvalue weighted by atomic mass is 16.5. The molecule has 0 aromatic carbocycles. The van der Waals surface area contributed by atoms with Crippen molar-refractivity contribution >= 4 is 11.5 Å². The minimum atomic E-state index is 0.0215. The van der Waals surface area contributed by atoms with Gasteiger partial charge in [-0.3, -0.25) is 0 Å². The molecule has 0 unspecified atom stereocenters. The third-order valence-corrected chi connectivity index (χ3v) is 2.44. The zero-order valence-corrected chi connectivity index (χ0v) is 11.1. The first-order valence-electron chi connectivity index (χ1n) is 6.20. The SMILES string of the molecule is CC(C)Oc1ncnc(NCCc2ccco2)c1N. The van der Waals surface area contributed by atoms with Crippen molar-refractivity contribution in [2.45, 2.75) is 26.4 Å². The van der Waals surface area contributed by atoms with Crippen LogP contribution in [0.2, 0.25) is 0 Å². The van der Waals surface area contributed by atoms with Crippen LogP contribution in [0.4, 0.5) is 11.5 Å². The molecule has 102 valence electrons. The molecule has 0 amide bonds. The van der Waals surface area contributed by atoms with Crippen molar-refractivity contribution in [3.05, 3.63) is 30.5 Å². The Bertz CT molecular complexity index is 511. The van der Waals surface area contributed by atoms with Crippen LogP contribution in [0.5, 0.6) is 5.88 Å². The smallest absolute Gasteiger partial charge is 0.242 e. The van der Waals surface area contributed by atoms with E-state index in [0.29, 0.717) is 23.9 Å². The van der Waals surface area contributed by atoms with Gasteiger partial charge in [-0.2, -0.15) is 4.98 Å². The monoisotopic (exact) mass is 262 g/mol. The van der Waals surface area contributed by atoms with Crippen LogP contribution in [0, 0.1) is 0 Å². The molecule has 0 spiro atoms. The van der Waals surface area contributed by atoms with E-state index in [1.54, 1.807) is 6.26 Å². The summed E-state index contributed by atoms with van der Waals surface area (Å²) in [4.78, 5) is 8.13. The molecule has 0 aliphatic carbocycles. The molecule has 0 aliphatic rings. The molecule has 0 atom stereocenters. The van der Waals surface area contributed by atoms with E-state index in [4.69, 9.17) is 14.9 Å². The minimum Gasteiger partial charge on any atom is -0.473 e. The number of hydrogen-bond acceptors (Lipinski definition) is 6. The third-order valence-electron chi connectivity index (χ3n) is 2.44. The number of nitrogen functional groups attached to an aromatic ring is 1. The Balaban J connectivity index is 1.96. The van der Waals surface area contributed by atoms with Crippen molar-refractivity contribution in [2.75, 3.05) is 17.6 Å². The molecule has 2 aromatic rings. The van der Waals surface area contributed by atoms with Crippen molar-refractivity contribution in [1.82, 2.24) is 9.97 Å². The van der Waals surface area contributed by atoms with E-state index >= 15 is 0 Å². The Morgan fingerprint density at radius 1 is 1.42 bits per heavy atom. The maximum absolute atomic E-state index is 5.96. The third kappa shape index (κ3) is 3.61. The lowest BCUT2D eigenvalue weighted by Gasteiger charge is -2.13. The highest BCUT2D eigenvalue weighted by molar-refractivity contribution is 5.66. The minimum absolute atomic E-state index is 0.0215. The molecule has 0 bridgehead atoms. The summed E-state index contributed by atoms with van der Waals surface area (Å²) < 4.78 is 10.8. The van der Waals surface area contributed by atoms with Gasteiger partial charge in [0.1, 0.15) is 17.8 Å². The van der Waals surface area contributed by atoms with E-state index in [9.17, 15) is 0 Å². The number of nitrogens with two attached hydrogens (primary N) is 1. The molecule has 6 nitrogen and oxygen atoms in total. The van der Waals surface area contributed by atoms with Crippen molar-refractivity contribution in [1.29, 1.82) is 0 Å². The Morgan fingerprint density at radius 3 is 2.95 bits per heavy atom. The van der Waals surface area contributed by atoms with Crippen molar-refractivity contribution < 1.29 is 9.15 Å². The molecule has 2 aromatic heterocycles. The molecule has 2 rings (SSSR count). The van der Waals surface area contributed by atoms with E-state index < -0.39 is 0 Å². The topological polar surface area (TPSA) is 86.2 Å². The fourth-order valence-electron chi connectivity index (χ4n) is 1.60. The van der Waals surface area contributed by atoms with Crippen LogP contribution in [0.3, 0.4) is 0 Å². The van der Waals surface area contributed by atoms with Gasteiger partial charge < -0.3 is 20.2 Å². The number of nitrogens with one attached hydrogen (secondary N) is 1. The van der Waals surface area contributed by atoms with E-state index in [1.807, 2.05) is 26.0 Å². The van der Waals surface area contributed by atoms with Crippen LogP contribution < -0.4 is 15.8 Å². The fourth-order valence-corrected chi connectivity index (χ4v) is 1.60. The molecular weight excluding hydrogens is 244 g/mol. The van der Waals surface area contributed by atoms with Crippen LogP contribution >= 0.6 is 0 Å². The molecule has 0 radical (unpaired) electrons. The Kier molecular flexibility index (Phi) is 4.22. The van der Waals surface area contributed by atoms with Gasteiger partial charge in [-0.25, -0.2) is 4.98 Å². The second-order valence-corrected chi connectivity index (χ2v) is 4.36. The highest BCUT2D eigenvalue weighted by Crippen LogP contribution is 2.25. The first-order chi connectivity index (χ1) is 9.16. The van der Waals surface area contributed by atoms with Crippen molar-refractivity contribution in [3.8, 4) is 5.88 Å². The number of ether oxygens (including phenoxy) is 1. The molecular formula is C13H18N4O2. The van der Waals surface area contributed by atoms with Gasteiger partial charge in [0.25, 0.3) is 0 Å². The zero-order valence-electron chi connectivity index (χ0n) is 11.1. The summed E-state index contributed by atoms with van der Waals surface area (Å²) in [6.45, 7) is 4.52.